The summed E-state index contributed by atoms with van der Waals surface area (Å²) in [5.41, 5.74) is 0.0129. The molecule has 25 heavy (non-hydrogen) atoms. The van der Waals surface area contributed by atoms with Crippen LogP contribution in [0.3, 0.4) is 0 Å². The zero-order chi connectivity index (χ0) is 18.4. The predicted octanol–water partition coefficient (Wildman–Crippen LogP) is 0.0184. The van der Waals surface area contributed by atoms with Crippen molar-refractivity contribution in [2.75, 3.05) is 4.72 Å². The second-order valence-electron chi connectivity index (χ2n) is 5.17. The van der Waals surface area contributed by atoms with Gasteiger partial charge in [-0.25, -0.2) is 22.0 Å². The molecule has 0 unspecified atom stereocenters. The van der Waals surface area contributed by atoms with Crippen LogP contribution in [0.5, 0.6) is 0 Å². The van der Waals surface area contributed by atoms with Crippen molar-refractivity contribution in [2.45, 2.75) is 9.79 Å². The molecule has 0 spiro atoms. The molecule has 3 rings (SSSR count). The summed E-state index contributed by atoms with van der Waals surface area (Å²) < 4.78 is 49.8. The first kappa shape index (κ1) is 17.1. The number of nitrogens with one attached hydrogen (secondary N) is 2. The lowest BCUT2D eigenvalue weighted by Crippen LogP contribution is -2.20. The molecule has 4 N–H and O–H groups in total. The van der Waals surface area contributed by atoms with Crippen molar-refractivity contribution in [3.8, 4) is 0 Å². The molecule has 1 heterocycles. The Morgan fingerprint density at radius 2 is 1.52 bits per heavy atom. The number of carbonyl (C=O) groups excluding carboxylic acids is 2. The van der Waals surface area contributed by atoms with E-state index in [1.165, 1.54) is 30.3 Å². The number of sulfonamides is 2. The average molecular weight is 381 g/mol. The summed E-state index contributed by atoms with van der Waals surface area (Å²) in [4.78, 5) is 22.6. The standard InChI is InChI=1S/C14H11N3O6S2/c15-24(20,21)9-3-1-2-8(6-9)17-25(22,23)10-4-5-11-12(7-10)14(19)16-13(11)18/h1-7,17H,(H2,15,20,21)(H,16,18,19). The zero-order valence-corrected chi connectivity index (χ0v) is 14.0. The van der Waals surface area contributed by atoms with Crippen LogP contribution >= 0.6 is 0 Å². The van der Waals surface area contributed by atoms with Crippen molar-refractivity contribution in [3.05, 3.63) is 53.6 Å². The lowest BCUT2D eigenvalue weighted by molar-refractivity contribution is 0.0879. The largest absolute Gasteiger partial charge is 0.288 e. The van der Waals surface area contributed by atoms with Crippen molar-refractivity contribution < 1.29 is 26.4 Å². The Bertz CT molecular complexity index is 1120. The highest BCUT2D eigenvalue weighted by Gasteiger charge is 2.28. The van der Waals surface area contributed by atoms with Gasteiger partial charge in [0, 0.05) is 0 Å². The fourth-order valence-electron chi connectivity index (χ4n) is 2.26. The number of benzene rings is 2. The van der Waals surface area contributed by atoms with Crippen molar-refractivity contribution in [3.63, 3.8) is 0 Å². The maximum atomic E-state index is 12.4. The van der Waals surface area contributed by atoms with E-state index in [-0.39, 0.29) is 26.6 Å². The third-order valence-electron chi connectivity index (χ3n) is 3.43. The summed E-state index contributed by atoms with van der Waals surface area (Å²) in [6.45, 7) is 0. The van der Waals surface area contributed by atoms with Crippen molar-refractivity contribution in [1.29, 1.82) is 0 Å². The van der Waals surface area contributed by atoms with E-state index < -0.39 is 31.9 Å². The number of nitrogens with two attached hydrogens (primary N) is 1. The van der Waals surface area contributed by atoms with E-state index >= 15 is 0 Å². The first-order valence-electron chi connectivity index (χ1n) is 6.73. The Hall–Kier alpha value is -2.76. The molecule has 9 nitrogen and oxygen atoms in total. The third-order valence-corrected chi connectivity index (χ3v) is 5.72. The van der Waals surface area contributed by atoms with E-state index in [1.807, 2.05) is 0 Å². The quantitative estimate of drug-likeness (QED) is 0.635. The first-order chi connectivity index (χ1) is 11.6. The van der Waals surface area contributed by atoms with E-state index in [4.69, 9.17) is 5.14 Å². The molecule has 0 saturated carbocycles. The summed E-state index contributed by atoms with van der Waals surface area (Å²) in [5, 5.41) is 7.07. The van der Waals surface area contributed by atoms with Gasteiger partial charge < -0.3 is 0 Å². The average Bonchev–Trinajstić information content (AvgIpc) is 2.81. The minimum Gasteiger partial charge on any atom is -0.288 e. The molecule has 0 aromatic heterocycles. The molecular weight excluding hydrogens is 370 g/mol. The van der Waals surface area contributed by atoms with Crippen molar-refractivity contribution in [1.82, 2.24) is 5.32 Å². The number of hydrogen-bond donors (Lipinski definition) is 3. The monoisotopic (exact) mass is 381 g/mol. The van der Waals surface area contributed by atoms with E-state index in [9.17, 15) is 26.4 Å². The van der Waals surface area contributed by atoms with E-state index in [0.29, 0.717) is 0 Å². The number of primary sulfonamides is 1. The Balaban J connectivity index is 1.98. The van der Waals surface area contributed by atoms with Crippen LogP contribution in [0.2, 0.25) is 0 Å². The van der Waals surface area contributed by atoms with Crippen LogP contribution in [0.1, 0.15) is 20.7 Å². The molecule has 1 aliphatic heterocycles. The predicted molar refractivity (Wildman–Crippen MR) is 86.9 cm³/mol. The van der Waals surface area contributed by atoms with E-state index in [0.717, 1.165) is 12.1 Å². The zero-order valence-electron chi connectivity index (χ0n) is 12.4. The van der Waals surface area contributed by atoms with Crippen LogP contribution < -0.4 is 15.2 Å². The number of hydrogen-bond acceptors (Lipinski definition) is 6. The van der Waals surface area contributed by atoms with Crippen LogP contribution in [0.15, 0.2) is 52.3 Å². The Labute approximate surface area is 142 Å². The Morgan fingerprint density at radius 1 is 0.840 bits per heavy atom. The molecule has 0 atom stereocenters. The molecule has 1 aliphatic rings. The van der Waals surface area contributed by atoms with Gasteiger partial charge in [-0.1, -0.05) is 6.07 Å². The van der Waals surface area contributed by atoms with Gasteiger partial charge in [0.1, 0.15) is 0 Å². The molecule has 2 aromatic carbocycles. The van der Waals surface area contributed by atoms with E-state index in [2.05, 4.69) is 10.0 Å². The maximum absolute atomic E-state index is 12.4. The lowest BCUT2D eigenvalue weighted by Gasteiger charge is -2.09. The van der Waals surface area contributed by atoms with Crippen molar-refractivity contribution >= 4 is 37.5 Å². The SMILES string of the molecule is NS(=O)(=O)c1cccc(NS(=O)(=O)c2ccc3c(c2)C(=O)NC3=O)c1. The molecule has 2 aromatic rings. The number of carbonyl (C=O) groups is 2. The summed E-state index contributed by atoms with van der Waals surface area (Å²) in [6, 6.07) is 8.42. The second-order valence-corrected chi connectivity index (χ2v) is 8.41. The number of amides is 2. The van der Waals surface area contributed by atoms with Gasteiger partial charge in [-0.15, -0.1) is 0 Å². The van der Waals surface area contributed by atoms with Crippen LogP contribution in [0, 0.1) is 0 Å². The van der Waals surface area contributed by atoms with Crippen LogP contribution in [0.4, 0.5) is 5.69 Å². The molecule has 0 bridgehead atoms. The maximum Gasteiger partial charge on any atom is 0.261 e. The molecule has 0 radical (unpaired) electrons. The highest BCUT2D eigenvalue weighted by Crippen LogP contribution is 2.23. The highest BCUT2D eigenvalue weighted by molar-refractivity contribution is 7.92. The normalized spacial score (nSPS) is 14.1. The highest BCUT2D eigenvalue weighted by atomic mass is 32.2. The molecule has 0 saturated heterocycles. The van der Waals surface area contributed by atoms with Gasteiger partial charge in [-0.05, 0) is 36.4 Å². The molecule has 2 amide bonds. The summed E-state index contributed by atoms with van der Waals surface area (Å²) >= 11 is 0. The topological polar surface area (TPSA) is 152 Å². The minimum absolute atomic E-state index is 0.0208. The first-order valence-corrected chi connectivity index (χ1v) is 9.76. The molecule has 0 aliphatic carbocycles. The van der Waals surface area contributed by atoms with Gasteiger partial charge in [0.2, 0.25) is 10.0 Å². The number of rotatable bonds is 4. The molecule has 0 fully saturated rings. The minimum atomic E-state index is -4.12. The Morgan fingerprint density at radius 3 is 2.20 bits per heavy atom. The second kappa shape index (κ2) is 5.65. The fourth-order valence-corrected chi connectivity index (χ4v) is 3.90. The van der Waals surface area contributed by atoms with Gasteiger partial charge in [-0.2, -0.15) is 0 Å². The summed E-state index contributed by atoms with van der Waals surface area (Å²) in [7, 11) is -8.11. The number of imide groups is 1. The molecule has 11 heteroatoms. The number of fused-ring (bicyclic) bond motifs is 1. The lowest BCUT2D eigenvalue weighted by atomic mass is 10.1. The van der Waals surface area contributed by atoms with Crippen molar-refractivity contribution in [2.24, 2.45) is 5.14 Å². The number of anilines is 1. The van der Waals surface area contributed by atoms with Crippen LogP contribution in [0.25, 0.3) is 0 Å². The fraction of sp³-hybridized carbons (Fsp3) is 0. The van der Waals surface area contributed by atoms with Gasteiger partial charge >= 0.3 is 0 Å². The third kappa shape index (κ3) is 3.24. The van der Waals surface area contributed by atoms with E-state index in [1.54, 1.807) is 0 Å². The summed E-state index contributed by atoms with van der Waals surface area (Å²) in [6.07, 6.45) is 0. The van der Waals surface area contributed by atoms with Crippen LogP contribution in [-0.4, -0.2) is 28.6 Å². The van der Waals surface area contributed by atoms with Gasteiger partial charge in [0.25, 0.3) is 21.8 Å². The van der Waals surface area contributed by atoms with Crippen LogP contribution in [-0.2, 0) is 20.0 Å². The van der Waals surface area contributed by atoms with Gasteiger partial charge in [0.05, 0.1) is 26.6 Å². The van der Waals surface area contributed by atoms with Gasteiger partial charge in [-0.3, -0.25) is 19.6 Å². The molecular formula is C14H11N3O6S2. The Kier molecular flexibility index (Phi) is 3.86. The molecule has 130 valence electrons. The smallest absolute Gasteiger partial charge is 0.261 e. The van der Waals surface area contributed by atoms with Gasteiger partial charge in [0.15, 0.2) is 0 Å². The summed E-state index contributed by atoms with van der Waals surface area (Å²) in [5.74, 6) is -1.29.